The quantitative estimate of drug-likeness (QED) is 0.234. The number of hydrogen-bond acceptors (Lipinski definition) is 6. The first-order chi connectivity index (χ1) is 16.1. The maximum Gasteiger partial charge on any atom is 0.368 e. The number of halogens is 2. The number of unbranched alkanes of at least 4 members (excludes halogenated alkanes) is 1. The molecule has 186 valence electrons. The Labute approximate surface area is 209 Å². The molecule has 1 aliphatic heterocycles. The Morgan fingerprint density at radius 2 is 1.94 bits per heavy atom. The van der Waals surface area contributed by atoms with E-state index in [0.717, 1.165) is 24.9 Å². The van der Waals surface area contributed by atoms with Crippen LogP contribution in [0.1, 0.15) is 39.5 Å². The van der Waals surface area contributed by atoms with Crippen LogP contribution in [0.3, 0.4) is 0 Å². The van der Waals surface area contributed by atoms with E-state index in [1.54, 1.807) is 17.4 Å². The van der Waals surface area contributed by atoms with Crippen molar-refractivity contribution in [2.75, 3.05) is 18.5 Å². The molecule has 1 atom stereocenters. The first-order valence-corrected chi connectivity index (χ1v) is 13.3. The number of para-hydroxylation sites is 1. The number of hydrogen-bond donors (Lipinski definition) is 3. The van der Waals surface area contributed by atoms with E-state index in [1.807, 2.05) is 37.3 Å². The van der Waals surface area contributed by atoms with Crippen LogP contribution < -0.4 is 9.64 Å². The Morgan fingerprint density at radius 1 is 1.26 bits per heavy atom. The molecule has 3 rings (SSSR count). The van der Waals surface area contributed by atoms with Crippen LogP contribution in [-0.2, 0) is 4.79 Å². The first-order valence-electron chi connectivity index (χ1n) is 11.0. The van der Waals surface area contributed by atoms with Crippen molar-refractivity contribution in [3.8, 4) is 5.75 Å². The predicted molar refractivity (Wildman–Crippen MR) is 136 cm³/mol. The molecule has 2 aromatic rings. The van der Waals surface area contributed by atoms with Crippen molar-refractivity contribution in [1.29, 1.82) is 0 Å². The van der Waals surface area contributed by atoms with Gasteiger partial charge < -0.3 is 14.7 Å². The Balaban J connectivity index is 2.23. The fourth-order valence-corrected chi connectivity index (χ4v) is 6.45. The Morgan fingerprint density at radius 3 is 2.53 bits per heavy atom. The van der Waals surface area contributed by atoms with Crippen molar-refractivity contribution in [1.82, 2.24) is 4.31 Å². The Kier molecular flexibility index (Phi) is 8.30. The summed E-state index contributed by atoms with van der Waals surface area (Å²) < 4.78 is 44.0. The molecule has 0 bridgehead atoms. The van der Waals surface area contributed by atoms with Crippen LogP contribution in [0.4, 0.5) is 15.8 Å². The standard InChI is InChI=1S/C24H30BrFN2O5S/c1-4-6-12-24(5-2)16-28(17-10-8-7-9-11-17)20-13-18(25)21(33-15-19(26)23(29)30)14-22(20)34(31,32)27(24)3/h7-11,13-15,31-32H,4-6,12,16H2,1-3H3,(H,29,30). The van der Waals surface area contributed by atoms with Crippen LogP contribution in [0.15, 0.2) is 63.9 Å². The molecular formula is C24H30BrFN2O5S. The smallest absolute Gasteiger partial charge is 0.368 e. The fourth-order valence-electron chi connectivity index (χ4n) is 4.20. The third kappa shape index (κ3) is 5.11. The van der Waals surface area contributed by atoms with Gasteiger partial charge in [-0.25, -0.2) is 4.79 Å². The highest BCUT2D eigenvalue weighted by Gasteiger charge is 2.46. The lowest BCUT2D eigenvalue weighted by Gasteiger charge is -2.50. The van der Waals surface area contributed by atoms with Crippen LogP contribution in [0, 0.1) is 0 Å². The molecule has 0 aliphatic carbocycles. The van der Waals surface area contributed by atoms with Gasteiger partial charge in [0, 0.05) is 25.3 Å². The van der Waals surface area contributed by atoms with E-state index in [2.05, 4.69) is 27.8 Å². The summed E-state index contributed by atoms with van der Waals surface area (Å²) in [5.41, 5.74) is 0.930. The second-order valence-electron chi connectivity index (χ2n) is 8.26. The second-order valence-corrected chi connectivity index (χ2v) is 11.1. The van der Waals surface area contributed by atoms with E-state index in [1.165, 1.54) is 6.07 Å². The van der Waals surface area contributed by atoms with Gasteiger partial charge in [0.25, 0.3) is 0 Å². The minimum atomic E-state index is -3.48. The molecule has 2 aromatic carbocycles. The number of carboxylic acid groups (broad SMARTS) is 1. The van der Waals surface area contributed by atoms with Crippen molar-refractivity contribution in [3.63, 3.8) is 0 Å². The molecule has 0 saturated heterocycles. The van der Waals surface area contributed by atoms with E-state index >= 15 is 0 Å². The molecule has 10 heteroatoms. The summed E-state index contributed by atoms with van der Waals surface area (Å²) in [6, 6.07) is 12.8. The van der Waals surface area contributed by atoms with Crippen LogP contribution in [0.2, 0.25) is 0 Å². The van der Waals surface area contributed by atoms with Crippen molar-refractivity contribution < 1.29 is 28.1 Å². The topological polar surface area (TPSA) is 93.5 Å². The summed E-state index contributed by atoms with van der Waals surface area (Å²) in [4.78, 5) is 13.1. The summed E-state index contributed by atoms with van der Waals surface area (Å²) in [7, 11) is -1.76. The van der Waals surface area contributed by atoms with E-state index in [-0.39, 0.29) is 10.6 Å². The maximum absolute atomic E-state index is 13.5. The van der Waals surface area contributed by atoms with Gasteiger partial charge in [-0.15, -0.1) is 10.8 Å². The third-order valence-electron chi connectivity index (χ3n) is 6.32. The number of aliphatic carboxylic acids is 1. The molecule has 0 aromatic heterocycles. The van der Waals surface area contributed by atoms with Crippen molar-refractivity contribution in [2.45, 2.75) is 50.0 Å². The molecule has 34 heavy (non-hydrogen) atoms. The minimum Gasteiger partial charge on any atom is -0.476 e. The van der Waals surface area contributed by atoms with E-state index in [4.69, 9.17) is 9.84 Å². The molecule has 1 unspecified atom stereocenters. The number of likely N-dealkylation sites (N-methyl/N-ethyl adjacent to an activating group) is 1. The second kappa shape index (κ2) is 10.7. The third-order valence-corrected chi connectivity index (χ3v) is 9.00. The lowest BCUT2D eigenvalue weighted by Crippen LogP contribution is -2.52. The van der Waals surface area contributed by atoms with Crippen LogP contribution in [0.5, 0.6) is 5.75 Å². The number of anilines is 2. The average molecular weight is 557 g/mol. The zero-order valence-electron chi connectivity index (χ0n) is 19.4. The largest absolute Gasteiger partial charge is 0.476 e. The van der Waals surface area contributed by atoms with Gasteiger partial charge in [-0.3, -0.25) is 9.11 Å². The molecule has 1 aliphatic rings. The first kappa shape index (κ1) is 26.5. The van der Waals surface area contributed by atoms with Gasteiger partial charge in [-0.1, -0.05) is 44.9 Å². The summed E-state index contributed by atoms with van der Waals surface area (Å²) in [6.45, 7) is 4.67. The Hall–Kier alpha value is -2.11. The maximum atomic E-state index is 13.5. The summed E-state index contributed by atoms with van der Waals surface area (Å²) in [6.07, 6.45) is 3.82. The highest BCUT2D eigenvalue weighted by molar-refractivity contribution is 9.10. The van der Waals surface area contributed by atoms with E-state index in [9.17, 15) is 18.3 Å². The number of fused-ring (bicyclic) bond motifs is 1. The van der Waals surface area contributed by atoms with Crippen LogP contribution >= 0.6 is 26.7 Å². The molecule has 0 amide bonds. The molecule has 3 N–H and O–H groups in total. The summed E-state index contributed by atoms with van der Waals surface area (Å²) in [5.74, 6) is -3.16. The van der Waals surface area contributed by atoms with Gasteiger partial charge >= 0.3 is 5.97 Å². The molecule has 0 spiro atoms. The van der Waals surface area contributed by atoms with Gasteiger partial charge in [-0.2, -0.15) is 8.70 Å². The molecular weight excluding hydrogens is 527 g/mol. The lowest BCUT2D eigenvalue weighted by atomic mass is 9.88. The number of ether oxygens (including phenoxy) is 1. The fraction of sp³-hybridized carbons (Fsp3) is 0.375. The normalized spacial score (nSPS) is 21.5. The highest BCUT2D eigenvalue weighted by atomic mass is 79.9. The van der Waals surface area contributed by atoms with Crippen LogP contribution in [0.25, 0.3) is 0 Å². The number of carboxylic acids is 1. The van der Waals surface area contributed by atoms with Crippen LogP contribution in [-0.4, -0.2) is 43.6 Å². The summed E-state index contributed by atoms with van der Waals surface area (Å²) in [5, 5.41) is 8.77. The number of rotatable bonds is 8. The van der Waals surface area contributed by atoms with Gasteiger partial charge in [0.15, 0.2) is 0 Å². The molecule has 1 heterocycles. The van der Waals surface area contributed by atoms with Crippen molar-refractivity contribution >= 4 is 44.0 Å². The zero-order chi connectivity index (χ0) is 25.1. The van der Waals surface area contributed by atoms with Gasteiger partial charge in [0.2, 0.25) is 5.83 Å². The summed E-state index contributed by atoms with van der Waals surface area (Å²) >= 11 is 3.41. The van der Waals surface area contributed by atoms with E-state index < -0.39 is 28.1 Å². The van der Waals surface area contributed by atoms with Gasteiger partial charge in [0.1, 0.15) is 16.9 Å². The number of benzene rings is 2. The molecule has 0 saturated carbocycles. The van der Waals surface area contributed by atoms with Crippen molar-refractivity contribution in [3.05, 3.63) is 59.0 Å². The molecule has 0 radical (unpaired) electrons. The molecule has 7 nitrogen and oxygen atoms in total. The number of carbonyl (C=O) groups is 1. The predicted octanol–water partition coefficient (Wildman–Crippen LogP) is 7.17. The average Bonchev–Trinajstić information content (AvgIpc) is 2.89. The SMILES string of the molecule is CCCCC1(CC)CN(c2ccccc2)c2cc(Br)c(OC=C(F)C(=O)O)cc2S(O)(O)N1C. The molecule has 0 fully saturated rings. The van der Waals surface area contributed by atoms with Gasteiger partial charge in [-0.05, 0) is 47.0 Å². The van der Waals surface area contributed by atoms with E-state index in [0.29, 0.717) is 29.4 Å². The van der Waals surface area contributed by atoms with Crippen molar-refractivity contribution in [2.24, 2.45) is 0 Å². The highest BCUT2D eigenvalue weighted by Crippen LogP contribution is 2.62. The number of nitrogens with zero attached hydrogens (tertiary/aromatic N) is 2. The monoisotopic (exact) mass is 556 g/mol. The lowest BCUT2D eigenvalue weighted by molar-refractivity contribution is -0.134. The van der Waals surface area contributed by atoms with Gasteiger partial charge in [0.05, 0.1) is 15.7 Å². The minimum absolute atomic E-state index is 0.0640. The zero-order valence-corrected chi connectivity index (χ0v) is 21.8. The Bertz CT molecular complexity index is 1070.